The molecule has 0 radical (unpaired) electrons. The molecule has 2 N–H and O–H groups in total. The van der Waals surface area contributed by atoms with Crippen LogP contribution in [0.25, 0.3) is 0 Å². The average Bonchev–Trinajstić information content (AvgIpc) is 2.37. The molecule has 0 aliphatic carbocycles. The van der Waals surface area contributed by atoms with E-state index in [1.54, 1.807) is 6.92 Å². The van der Waals surface area contributed by atoms with Crippen molar-refractivity contribution in [2.75, 3.05) is 6.61 Å². The Hall–Kier alpha value is -1.93. The van der Waals surface area contributed by atoms with Gasteiger partial charge in [0.25, 0.3) is 0 Å². The highest BCUT2D eigenvalue weighted by Gasteiger charge is 2.19. The maximum absolute atomic E-state index is 12.0. The van der Waals surface area contributed by atoms with Crippen molar-refractivity contribution >= 4 is 22.0 Å². The van der Waals surface area contributed by atoms with Crippen LogP contribution < -0.4 is 4.72 Å². The van der Waals surface area contributed by atoms with Crippen LogP contribution >= 0.6 is 0 Å². The summed E-state index contributed by atoms with van der Waals surface area (Å²) in [4.78, 5) is 21.9. The molecule has 0 amide bonds. The molecule has 0 heterocycles. The monoisotopic (exact) mass is 315 g/mol. The third-order valence-corrected chi connectivity index (χ3v) is 4.12. The number of carbonyl (C=O) groups excluding carboxylic acids is 1. The van der Waals surface area contributed by atoms with Gasteiger partial charge in [-0.3, -0.25) is 4.79 Å². The molecule has 0 aliphatic heterocycles. The molecule has 0 bridgehead atoms. The number of carboxylic acids is 1. The van der Waals surface area contributed by atoms with E-state index in [-0.39, 0.29) is 23.5 Å². The number of hydrogen-bond donors (Lipinski definition) is 2. The summed E-state index contributed by atoms with van der Waals surface area (Å²) >= 11 is 0. The van der Waals surface area contributed by atoms with Gasteiger partial charge in [0, 0.05) is 6.04 Å². The molecule has 1 unspecified atom stereocenters. The molecule has 0 saturated carbocycles. The van der Waals surface area contributed by atoms with Crippen molar-refractivity contribution in [3.8, 4) is 0 Å². The van der Waals surface area contributed by atoms with Gasteiger partial charge in [-0.05, 0) is 38.1 Å². The Bertz CT molecular complexity index is 608. The fourth-order valence-electron chi connectivity index (χ4n) is 1.62. The highest BCUT2D eigenvalue weighted by molar-refractivity contribution is 7.89. The second-order valence-corrected chi connectivity index (χ2v) is 6.08. The van der Waals surface area contributed by atoms with E-state index in [0.717, 1.165) is 0 Å². The number of aliphatic carboxylic acids is 1. The van der Waals surface area contributed by atoms with E-state index in [2.05, 4.69) is 4.72 Å². The van der Waals surface area contributed by atoms with Crippen molar-refractivity contribution in [3.05, 3.63) is 29.8 Å². The first-order chi connectivity index (χ1) is 9.76. The highest BCUT2D eigenvalue weighted by atomic mass is 32.2. The maximum atomic E-state index is 12.0. The zero-order valence-electron chi connectivity index (χ0n) is 11.7. The number of benzene rings is 1. The number of hydrogen-bond acceptors (Lipinski definition) is 5. The van der Waals surface area contributed by atoms with Crippen molar-refractivity contribution in [2.45, 2.75) is 31.2 Å². The Morgan fingerprint density at radius 1 is 1.29 bits per heavy atom. The van der Waals surface area contributed by atoms with Gasteiger partial charge in [0.05, 0.1) is 23.5 Å². The van der Waals surface area contributed by atoms with Crippen LogP contribution in [-0.4, -0.2) is 38.1 Å². The van der Waals surface area contributed by atoms with Crippen LogP contribution in [0.1, 0.15) is 30.6 Å². The molecule has 0 aliphatic rings. The normalized spacial score (nSPS) is 12.7. The van der Waals surface area contributed by atoms with Gasteiger partial charge in [0.1, 0.15) is 0 Å². The van der Waals surface area contributed by atoms with Gasteiger partial charge in [0.2, 0.25) is 10.0 Å². The third kappa shape index (κ3) is 5.16. The zero-order chi connectivity index (χ0) is 16.0. The summed E-state index contributed by atoms with van der Waals surface area (Å²) in [5.41, 5.74) is 0.245. The predicted octanol–water partition coefficient (Wildman–Crippen LogP) is 1.00. The lowest BCUT2D eigenvalue weighted by Crippen LogP contribution is -2.34. The van der Waals surface area contributed by atoms with E-state index in [4.69, 9.17) is 9.84 Å². The predicted molar refractivity (Wildman–Crippen MR) is 74.4 cm³/mol. The summed E-state index contributed by atoms with van der Waals surface area (Å²) in [7, 11) is -3.83. The quantitative estimate of drug-likeness (QED) is 0.727. The van der Waals surface area contributed by atoms with Crippen LogP contribution in [0.15, 0.2) is 29.2 Å². The Balaban J connectivity index is 2.85. The minimum Gasteiger partial charge on any atom is -0.481 e. The third-order valence-electron chi connectivity index (χ3n) is 2.51. The molecule has 116 valence electrons. The van der Waals surface area contributed by atoms with E-state index < -0.39 is 28.0 Å². The largest absolute Gasteiger partial charge is 0.481 e. The molecule has 8 heteroatoms. The molecule has 0 spiro atoms. The molecule has 0 fully saturated rings. The second-order valence-electron chi connectivity index (χ2n) is 4.37. The lowest BCUT2D eigenvalue weighted by molar-refractivity contribution is -0.137. The number of sulfonamides is 1. The molecule has 1 aromatic carbocycles. The first-order valence-electron chi connectivity index (χ1n) is 6.27. The topological polar surface area (TPSA) is 110 Å². The molecule has 1 atom stereocenters. The Kier molecular flexibility index (Phi) is 5.86. The molecule has 1 aromatic rings. The summed E-state index contributed by atoms with van der Waals surface area (Å²) in [5, 5.41) is 8.61. The summed E-state index contributed by atoms with van der Waals surface area (Å²) in [6.45, 7) is 3.36. The van der Waals surface area contributed by atoms with E-state index in [1.807, 2.05) is 0 Å². The smallest absolute Gasteiger partial charge is 0.338 e. The van der Waals surface area contributed by atoms with Crippen molar-refractivity contribution in [1.29, 1.82) is 0 Å². The number of carboxylic acid groups (broad SMARTS) is 1. The summed E-state index contributed by atoms with van der Waals surface area (Å²) in [6, 6.07) is 4.48. The van der Waals surface area contributed by atoms with E-state index in [1.165, 1.54) is 31.2 Å². The van der Waals surface area contributed by atoms with Gasteiger partial charge in [-0.2, -0.15) is 0 Å². The highest BCUT2D eigenvalue weighted by Crippen LogP contribution is 2.12. The lowest BCUT2D eigenvalue weighted by atomic mass is 10.2. The van der Waals surface area contributed by atoms with Gasteiger partial charge in [-0.1, -0.05) is 0 Å². The first-order valence-corrected chi connectivity index (χ1v) is 7.76. The van der Waals surface area contributed by atoms with E-state index in [9.17, 15) is 18.0 Å². The average molecular weight is 315 g/mol. The van der Waals surface area contributed by atoms with Crippen molar-refractivity contribution in [3.63, 3.8) is 0 Å². The lowest BCUT2D eigenvalue weighted by Gasteiger charge is -2.12. The standard InChI is InChI=1S/C13H17NO6S/c1-3-20-13(17)10-4-6-11(7-5-10)21(18,19)14-9(2)8-12(15)16/h4-7,9,14H,3,8H2,1-2H3,(H,15,16). The molecule has 0 saturated heterocycles. The maximum Gasteiger partial charge on any atom is 0.338 e. The van der Waals surface area contributed by atoms with Gasteiger partial charge < -0.3 is 9.84 Å². The van der Waals surface area contributed by atoms with Crippen LogP contribution in [0, 0.1) is 0 Å². The van der Waals surface area contributed by atoms with Gasteiger partial charge >= 0.3 is 11.9 Å². The summed E-state index contributed by atoms with van der Waals surface area (Å²) in [6.07, 6.45) is -0.319. The minimum atomic E-state index is -3.83. The molecule has 7 nitrogen and oxygen atoms in total. The van der Waals surface area contributed by atoms with Crippen molar-refractivity contribution in [2.24, 2.45) is 0 Å². The number of ether oxygens (including phenoxy) is 1. The Morgan fingerprint density at radius 3 is 2.33 bits per heavy atom. The fourth-order valence-corrected chi connectivity index (χ4v) is 2.86. The zero-order valence-corrected chi connectivity index (χ0v) is 12.5. The number of rotatable bonds is 7. The van der Waals surface area contributed by atoms with Gasteiger partial charge in [-0.25, -0.2) is 17.9 Å². The van der Waals surface area contributed by atoms with Crippen LogP contribution in [-0.2, 0) is 19.6 Å². The Morgan fingerprint density at radius 2 is 1.86 bits per heavy atom. The van der Waals surface area contributed by atoms with Crippen LogP contribution in [0.4, 0.5) is 0 Å². The molecular formula is C13H17NO6S. The van der Waals surface area contributed by atoms with Crippen molar-refractivity contribution < 1.29 is 27.9 Å². The number of carbonyl (C=O) groups is 2. The summed E-state index contributed by atoms with van der Waals surface area (Å²) in [5.74, 6) is -1.63. The van der Waals surface area contributed by atoms with E-state index in [0.29, 0.717) is 0 Å². The first kappa shape index (κ1) is 17.1. The number of esters is 1. The summed E-state index contributed by atoms with van der Waals surface area (Å²) < 4.78 is 31.1. The molecule has 21 heavy (non-hydrogen) atoms. The van der Waals surface area contributed by atoms with Crippen LogP contribution in [0.3, 0.4) is 0 Å². The van der Waals surface area contributed by atoms with Crippen LogP contribution in [0.5, 0.6) is 0 Å². The fraction of sp³-hybridized carbons (Fsp3) is 0.385. The van der Waals surface area contributed by atoms with E-state index >= 15 is 0 Å². The van der Waals surface area contributed by atoms with Gasteiger partial charge in [-0.15, -0.1) is 0 Å². The Labute approximate surface area is 123 Å². The molecule has 1 rings (SSSR count). The SMILES string of the molecule is CCOC(=O)c1ccc(S(=O)(=O)NC(C)CC(=O)O)cc1. The van der Waals surface area contributed by atoms with Gasteiger partial charge in [0.15, 0.2) is 0 Å². The molecular weight excluding hydrogens is 298 g/mol. The van der Waals surface area contributed by atoms with Crippen LogP contribution in [0.2, 0.25) is 0 Å². The number of nitrogens with one attached hydrogen (secondary N) is 1. The van der Waals surface area contributed by atoms with Crippen molar-refractivity contribution in [1.82, 2.24) is 4.72 Å². The minimum absolute atomic E-state index is 0.0483. The second kappa shape index (κ2) is 7.19. The molecule has 0 aromatic heterocycles.